The van der Waals surface area contributed by atoms with Gasteiger partial charge in [0.15, 0.2) is 0 Å². The van der Waals surface area contributed by atoms with Crippen molar-refractivity contribution in [1.82, 2.24) is 0 Å². The quantitative estimate of drug-likeness (QED) is 0.0398. The van der Waals surface area contributed by atoms with Crippen molar-refractivity contribution in [1.29, 1.82) is 0 Å². The molecule has 0 aliphatic heterocycles. The Morgan fingerprint density at radius 3 is 1.64 bits per heavy atom. The van der Waals surface area contributed by atoms with Gasteiger partial charge in [0, 0.05) is 0 Å². The summed E-state index contributed by atoms with van der Waals surface area (Å²) >= 11 is 0. The minimum absolute atomic E-state index is 0.0101. The van der Waals surface area contributed by atoms with Crippen molar-refractivity contribution in [2.75, 3.05) is 6.61 Å². The van der Waals surface area contributed by atoms with Crippen LogP contribution in [-0.4, -0.2) is 24.5 Å². The second kappa shape index (κ2) is 20.4. The van der Waals surface area contributed by atoms with Gasteiger partial charge in [0.2, 0.25) is 0 Å². The molecule has 4 rings (SSSR count). The summed E-state index contributed by atoms with van der Waals surface area (Å²) in [5.74, 6) is -1.17. The molecule has 0 N–H and O–H groups in total. The molecule has 4 aromatic carbocycles. The molecule has 0 unspecified atom stereocenters. The summed E-state index contributed by atoms with van der Waals surface area (Å²) in [4.78, 5) is 39.7. The number of aryl methyl sites for hydroxylation is 2. The van der Waals surface area contributed by atoms with Crippen LogP contribution in [0.25, 0.3) is 0 Å². The molecule has 0 heterocycles. The Kier molecular flexibility index (Phi) is 15.3. The first-order valence-electron chi connectivity index (χ1n) is 17.7. The Balaban J connectivity index is 1.47. The first-order chi connectivity index (χ1) is 24.4. The molecule has 0 aliphatic carbocycles. The Morgan fingerprint density at radius 2 is 1.10 bits per heavy atom. The fraction of sp³-hybridized carbons (Fsp3) is 0.326. The van der Waals surface area contributed by atoms with Crippen LogP contribution in [0.2, 0.25) is 0 Å². The Bertz CT molecular complexity index is 1670. The van der Waals surface area contributed by atoms with Crippen LogP contribution in [0.3, 0.4) is 0 Å². The van der Waals surface area contributed by atoms with Gasteiger partial charge >= 0.3 is 17.9 Å². The molecule has 7 nitrogen and oxygen atoms in total. The van der Waals surface area contributed by atoms with E-state index in [0.717, 1.165) is 42.4 Å². The van der Waals surface area contributed by atoms with Crippen LogP contribution in [-0.2, 0) is 24.2 Å². The van der Waals surface area contributed by atoms with Crippen LogP contribution in [0, 0.1) is 0 Å². The summed E-state index contributed by atoms with van der Waals surface area (Å²) in [5.41, 5.74) is 3.73. The van der Waals surface area contributed by atoms with Gasteiger partial charge in [-0.05, 0) is 97.0 Å². The van der Waals surface area contributed by atoms with Crippen LogP contribution in [0.15, 0.2) is 104 Å². The SMILES string of the molecule is C=CCOc1ccc(COC(=O)c2cc(OC(=O)c3ccc(CCCCCC)cc3)ccc2OC(=O)c2ccc(CCCCCC)cc2)cc1. The van der Waals surface area contributed by atoms with Crippen molar-refractivity contribution in [2.45, 2.75) is 84.7 Å². The fourth-order valence-electron chi connectivity index (χ4n) is 5.34. The third-order valence-electron chi connectivity index (χ3n) is 8.26. The van der Waals surface area contributed by atoms with Gasteiger partial charge in [-0.15, -0.1) is 0 Å². The van der Waals surface area contributed by atoms with Crippen molar-refractivity contribution < 1.29 is 33.3 Å². The molecule has 7 heteroatoms. The topological polar surface area (TPSA) is 88.1 Å². The predicted octanol–water partition coefficient (Wildman–Crippen LogP) is 10.3. The van der Waals surface area contributed by atoms with E-state index in [9.17, 15) is 14.4 Å². The minimum atomic E-state index is -0.743. The van der Waals surface area contributed by atoms with Gasteiger partial charge in [-0.1, -0.05) is 101 Å². The normalized spacial score (nSPS) is 10.7. The molecule has 50 heavy (non-hydrogen) atoms. The highest BCUT2D eigenvalue weighted by atomic mass is 16.6. The van der Waals surface area contributed by atoms with E-state index < -0.39 is 17.9 Å². The van der Waals surface area contributed by atoms with Crippen molar-refractivity contribution in [2.24, 2.45) is 0 Å². The molecular weight excluding hydrogens is 628 g/mol. The maximum absolute atomic E-state index is 13.4. The molecule has 0 aliphatic rings. The van der Waals surface area contributed by atoms with E-state index in [1.54, 1.807) is 54.6 Å². The van der Waals surface area contributed by atoms with E-state index in [0.29, 0.717) is 23.5 Å². The number of rotatable bonds is 20. The molecule has 4 aromatic rings. The highest BCUT2D eigenvalue weighted by Crippen LogP contribution is 2.28. The van der Waals surface area contributed by atoms with Gasteiger partial charge in [0.25, 0.3) is 0 Å². The summed E-state index contributed by atoms with van der Waals surface area (Å²) in [6.07, 6.45) is 12.9. The summed E-state index contributed by atoms with van der Waals surface area (Å²) in [6, 6.07) is 26.1. The van der Waals surface area contributed by atoms with Crippen molar-refractivity contribution in [3.05, 3.63) is 137 Å². The zero-order chi connectivity index (χ0) is 35.6. The zero-order valence-electron chi connectivity index (χ0n) is 29.3. The lowest BCUT2D eigenvalue weighted by Crippen LogP contribution is -2.14. The lowest BCUT2D eigenvalue weighted by atomic mass is 10.0. The van der Waals surface area contributed by atoms with Gasteiger partial charge < -0.3 is 18.9 Å². The van der Waals surface area contributed by atoms with E-state index in [-0.39, 0.29) is 23.7 Å². The maximum Gasteiger partial charge on any atom is 0.343 e. The first-order valence-corrected chi connectivity index (χ1v) is 17.7. The van der Waals surface area contributed by atoms with E-state index in [1.807, 2.05) is 24.3 Å². The summed E-state index contributed by atoms with van der Waals surface area (Å²) < 4.78 is 22.5. The zero-order valence-corrected chi connectivity index (χ0v) is 29.3. The largest absolute Gasteiger partial charge is 0.490 e. The van der Waals surface area contributed by atoms with Gasteiger partial charge in [0.05, 0.1) is 11.1 Å². The Morgan fingerprint density at radius 1 is 0.580 bits per heavy atom. The number of hydrogen-bond acceptors (Lipinski definition) is 7. The Labute approximate surface area is 296 Å². The summed E-state index contributed by atoms with van der Waals surface area (Å²) in [7, 11) is 0. The van der Waals surface area contributed by atoms with Gasteiger partial charge in [-0.25, -0.2) is 14.4 Å². The fourth-order valence-corrected chi connectivity index (χ4v) is 5.34. The number of unbranched alkanes of at least 4 members (excludes halogenated alkanes) is 6. The second-order valence-corrected chi connectivity index (χ2v) is 12.3. The van der Waals surface area contributed by atoms with Crippen LogP contribution in [0.1, 0.15) is 113 Å². The number of carbonyl (C=O) groups excluding carboxylic acids is 3. The van der Waals surface area contributed by atoms with E-state index >= 15 is 0 Å². The molecule has 0 bridgehead atoms. The first kappa shape index (κ1) is 37.6. The van der Waals surface area contributed by atoms with Gasteiger partial charge in [-0.3, -0.25) is 0 Å². The number of benzene rings is 4. The van der Waals surface area contributed by atoms with Crippen LogP contribution in [0.4, 0.5) is 0 Å². The highest BCUT2D eigenvalue weighted by molar-refractivity contribution is 5.97. The number of ether oxygens (including phenoxy) is 4. The third kappa shape index (κ3) is 12.1. The number of carbonyl (C=O) groups is 3. The Hall–Kier alpha value is -5.17. The van der Waals surface area contributed by atoms with Crippen LogP contribution < -0.4 is 14.2 Å². The molecule has 0 amide bonds. The van der Waals surface area contributed by atoms with Crippen molar-refractivity contribution >= 4 is 17.9 Å². The molecule has 0 atom stereocenters. The average molecular weight is 677 g/mol. The average Bonchev–Trinajstić information content (AvgIpc) is 3.14. The smallest absolute Gasteiger partial charge is 0.343 e. The molecular formula is C43H48O7. The van der Waals surface area contributed by atoms with E-state index in [1.165, 1.54) is 56.7 Å². The predicted molar refractivity (Wildman–Crippen MR) is 196 cm³/mol. The molecule has 0 radical (unpaired) electrons. The lowest BCUT2D eigenvalue weighted by molar-refractivity contribution is 0.0465. The van der Waals surface area contributed by atoms with E-state index in [2.05, 4.69) is 20.4 Å². The summed E-state index contributed by atoms with van der Waals surface area (Å²) in [5, 5.41) is 0. The molecule has 0 spiro atoms. The molecule has 262 valence electrons. The summed E-state index contributed by atoms with van der Waals surface area (Å²) in [6.45, 7) is 8.35. The van der Waals surface area contributed by atoms with Crippen LogP contribution >= 0.6 is 0 Å². The van der Waals surface area contributed by atoms with E-state index in [4.69, 9.17) is 18.9 Å². The minimum Gasteiger partial charge on any atom is -0.490 e. The molecule has 0 saturated carbocycles. The second-order valence-electron chi connectivity index (χ2n) is 12.3. The monoisotopic (exact) mass is 676 g/mol. The maximum atomic E-state index is 13.4. The molecule has 0 aromatic heterocycles. The van der Waals surface area contributed by atoms with Crippen LogP contribution in [0.5, 0.6) is 17.2 Å². The van der Waals surface area contributed by atoms with Gasteiger partial charge in [-0.2, -0.15) is 0 Å². The molecule has 0 fully saturated rings. The van der Waals surface area contributed by atoms with Crippen molar-refractivity contribution in [3.63, 3.8) is 0 Å². The van der Waals surface area contributed by atoms with Crippen molar-refractivity contribution in [3.8, 4) is 17.2 Å². The number of hydrogen-bond donors (Lipinski definition) is 0. The number of esters is 3. The standard InChI is InChI=1S/C43H48O7/c1-4-7-9-11-13-32-15-21-35(22-16-32)41(44)49-38-27-28-40(50-42(45)36-23-17-33(18-24-36)14-12-10-8-5-2)39(30-38)43(46)48-31-34-19-25-37(26-20-34)47-29-6-3/h6,15-28,30H,3-5,7-14,29,31H2,1-2H3. The van der Waals surface area contributed by atoms with Gasteiger partial charge in [0.1, 0.15) is 36.0 Å². The lowest BCUT2D eigenvalue weighted by Gasteiger charge is -2.13. The third-order valence-corrected chi connectivity index (χ3v) is 8.26. The highest BCUT2D eigenvalue weighted by Gasteiger charge is 2.21. The molecule has 0 saturated heterocycles.